The van der Waals surface area contributed by atoms with Crippen molar-refractivity contribution >= 4 is 11.8 Å². The summed E-state index contributed by atoms with van der Waals surface area (Å²) in [6.45, 7) is 2.89. The van der Waals surface area contributed by atoms with Crippen molar-refractivity contribution in [2.24, 2.45) is 0 Å². The summed E-state index contributed by atoms with van der Waals surface area (Å²) < 4.78 is 0. The van der Waals surface area contributed by atoms with Crippen LogP contribution in [0.2, 0.25) is 0 Å². The van der Waals surface area contributed by atoms with Gasteiger partial charge in [-0.3, -0.25) is 4.79 Å². The summed E-state index contributed by atoms with van der Waals surface area (Å²) in [7, 11) is 3.07. The molecule has 0 fully saturated rings. The Bertz CT molecular complexity index is 104. The number of carbonyl (C=O) groups is 2. The first kappa shape index (κ1) is 22.6. The third kappa shape index (κ3) is 54.4. The maximum absolute atomic E-state index is 9.70. The van der Waals surface area contributed by atoms with Gasteiger partial charge in [-0.25, -0.2) is 0 Å². The van der Waals surface area contributed by atoms with Gasteiger partial charge in [0.2, 0.25) is 5.91 Å². The Morgan fingerprint density at radius 1 is 1.25 bits per heavy atom. The van der Waals surface area contributed by atoms with Gasteiger partial charge in [-0.2, -0.15) is 0 Å². The summed E-state index contributed by atoms with van der Waals surface area (Å²) in [6.07, 6.45) is 0. The van der Waals surface area contributed by atoms with E-state index >= 15 is 0 Å². The van der Waals surface area contributed by atoms with Crippen LogP contribution < -0.4 is 5.32 Å². The summed E-state index contributed by atoms with van der Waals surface area (Å²) in [5.41, 5.74) is 0. The molecule has 0 atom stereocenters. The van der Waals surface area contributed by atoms with E-state index in [9.17, 15) is 9.59 Å². The smallest absolute Gasteiger partial charge is 0.216 e. The Morgan fingerprint density at radius 2 is 1.42 bits per heavy atom. The number of nitrogens with zero attached hydrogens (tertiary/aromatic N) is 1. The molecular weight excluding hydrogens is 328 g/mol. The first-order valence-electron chi connectivity index (χ1n) is 2.83. The minimum atomic E-state index is -0.120. The molecule has 0 saturated carbocycles. The van der Waals surface area contributed by atoms with Gasteiger partial charge in [-0.05, 0) is 6.92 Å². The molecule has 4 nitrogen and oxygen atoms in total. The molecule has 0 aromatic carbocycles. The van der Waals surface area contributed by atoms with Crippen LogP contribution in [0.3, 0.4) is 0 Å². The maximum Gasteiger partial charge on any atom is 0.216 e. The Balaban J connectivity index is -0.0000000457. The van der Waals surface area contributed by atoms with Crippen LogP contribution in [0.25, 0.3) is 5.32 Å². The summed E-state index contributed by atoms with van der Waals surface area (Å²) >= 11 is 0. The van der Waals surface area contributed by atoms with Crippen LogP contribution in [0.5, 0.6) is 0 Å². The van der Waals surface area contributed by atoms with E-state index in [1.54, 1.807) is 7.05 Å². The third-order valence-corrected chi connectivity index (χ3v) is 0.667. The molecule has 0 rings (SSSR count). The standard InChI is InChI=1S/2C3H7NO.CH4.W/c2*1-3(5)4-2;;/h2*1-2H3,(H,4,5);1H4;/p-1. The molecule has 0 heterocycles. The molecule has 0 bridgehead atoms. The van der Waals surface area contributed by atoms with E-state index in [1.165, 1.54) is 20.9 Å². The molecule has 12 heavy (non-hydrogen) atoms. The average molecular weight is 345 g/mol. The topological polar surface area (TPSA) is 60.3 Å². The van der Waals surface area contributed by atoms with E-state index in [2.05, 4.69) is 10.6 Å². The van der Waals surface area contributed by atoms with E-state index < -0.39 is 0 Å². The van der Waals surface area contributed by atoms with Crippen molar-refractivity contribution in [3.05, 3.63) is 5.32 Å². The van der Waals surface area contributed by atoms with Crippen molar-refractivity contribution in [1.82, 2.24) is 5.32 Å². The second kappa shape index (κ2) is 16.9. The first-order valence-corrected chi connectivity index (χ1v) is 2.83. The Kier molecular flexibility index (Phi) is 31.9. The summed E-state index contributed by atoms with van der Waals surface area (Å²) in [6, 6.07) is 0. The molecule has 74 valence electrons. The molecule has 0 aliphatic carbocycles. The van der Waals surface area contributed by atoms with Crippen LogP contribution in [0, 0.1) is 0 Å². The molecule has 2 amide bonds. The van der Waals surface area contributed by atoms with Crippen LogP contribution in [0.15, 0.2) is 0 Å². The molecule has 0 saturated heterocycles. The fourth-order valence-corrected chi connectivity index (χ4v) is 0. The SMILES string of the molecule is C.CNC(C)=O.C[N-]C(C)=O.[W]. The minimum Gasteiger partial charge on any atom is -0.656 e. The molecule has 5 heteroatoms. The van der Waals surface area contributed by atoms with Gasteiger partial charge in [0.05, 0.1) is 0 Å². The quantitative estimate of drug-likeness (QED) is 0.710. The van der Waals surface area contributed by atoms with Crippen molar-refractivity contribution in [2.75, 3.05) is 14.1 Å². The predicted molar refractivity (Wildman–Crippen MR) is 46.4 cm³/mol. The first-order chi connectivity index (χ1) is 4.54. The van der Waals surface area contributed by atoms with Crippen LogP contribution in [-0.4, -0.2) is 25.9 Å². The molecule has 0 aliphatic rings. The summed E-state index contributed by atoms with van der Waals surface area (Å²) in [5.74, 6) is -0.116. The Morgan fingerprint density at radius 3 is 1.42 bits per heavy atom. The Labute approximate surface area is 88.8 Å². The molecule has 0 aromatic rings. The number of rotatable bonds is 0. The molecule has 0 aliphatic heterocycles. The van der Waals surface area contributed by atoms with E-state index in [0.29, 0.717) is 0 Å². The molecular formula is C7H17N2O2W-. The molecule has 1 N–H and O–H groups in total. The maximum atomic E-state index is 9.70. The van der Waals surface area contributed by atoms with Gasteiger partial charge >= 0.3 is 0 Å². The van der Waals surface area contributed by atoms with Crippen molar-refractivity contribution in [2.45, 2.75) is 21.3 Å². The van der Waals surface area contributed by atoms with Gasteiger partial charge in [0.15, 0.2) is 0 Å². The van der Waals surface area contributed by atoms with Gasteiger partial charge in [0.1, 0.15) is 0 Å². The van der Waals surface area contributed by atoms with Crippen LogP contribution in [0.1, 0.15) is 21.3 Å². The van der Waals surface area contributed by atoms with Gasteiger partial charge in [-0.1, -0.05) is 7.43 Å². The van der Waals surface area contributed by atoms with Crippen LogP contribution in [-0.2, 0) is 30.7 Å². The zero-order valence-corrected chi connectivity index (χ0v) is 10.1. The van der Waals surface area contributed by atoms with E-state index in [-0.39, 0.29) is 40.3 Å². The number of hydrogen-bond donors (Lipinski definition) is 1. The predicted octanol–water partition coefficient (Wildman–Crippen LogP) is 0.922. The normalized spacial score (nSPS) is 5.67. The van der Waals surface area contributed by atoms with Crippen molar-refractivity contribution in [3.8, 4) is 0 Å². The van der Waals surface area contributed by atoms with Crippen molar-refractivity contribution in [1.29, 1.82) is 0 Å². The number of nitrogens with one attached hydrogen (secondary N) is 1. The van der Waals surface area contributed by atoms with E-state index in [1.807, 2.05) is 0 Å². The summed E-state index contributed by atoms with van der Waals surface area (Å²) in [4.78, 5) is 19.3. The average Bonchev–Trinajstić information content (AvgIpc) is 1.89. The third-order valence-electron chi connectivity index (χ3n) is 0.667. The van der Waals surface area contributed by atoms with Crippen molar-refractivity contribution < 1.29 is 30.7 Å². The van der Waals surface area contributed by atoms with Crippen molar-refractivity contribution in [3.63, 3.8) is 0 Å². The van der Waals surface area contributed by atoms with E-state index in [4.69, 9.17) is 0 Å². The molecule has 0 aromatic heterocycles. The monoisotopic (exact) mass is 345 g/mol. The van der Waals surface area contributed by atoms with E-state index in [0.717, 1.165) is 0 Å². The van der Waals surface area contributed by atoms with Gasteiger partial charge in [0.25, 0.3) is 0 Å². The van der Waals surface area contributed by atoms with Crippen LogP contribution >= 0.6 is 0 Å². The van der Waals surface area contributed by atoms with Crippen LogP contribution in [0.4, 0.5) is 0 Å². The zero-order chi connectivity index (χ0) is 8.57. The van der Waals surface area contributed by atoms with Gasteiger partial charge < -0.3 is 15.4 Å². The molecule has 0 unspecified atom stereocenters. The second-order valence-corrected chi connectivity index (χ2v) is 1.55. The second-order valence-electron chi connectivity index (χ2n) is 1.55. The fraction of sp³-hybridized carbons (Fsp3) is 0.714. The molecule has 0 radical (unpaired) electrons. The number of hydrogen-bond acceptors (Lipinski definition) is 2. The zero-order valence-electron chi connectivity index (χ0n) is 7.17. The van der Waals surface area contributed by atoms with Gasteiger partial charge in [0, 0.05) is 40.9 Å². The number of carbonyl (C=O) groups excluding carboxylic acids is 2. The largest absolute Gasteiger partial charge is 0.656 e. The number of amides is 2. The summed E-state index contributed by atoms with van der Waals surface area (Å²) in [5, 5.41) is 5.64. The fourth-order valence-electron chi connectivity index (χ4n) is 0. The van der Waals surface area contributed by atoms with Gasteiger partial charge in [-0.15, -0.1) is 7.05 Å². The minimum absolute atomic E-state index is 0. The Hall–Kier alpha value is -0.372. The molecule has 0 spiro atoms.